The lowest BCUT2D eigenvalue weighted by Gasteiger charge is -2.30. The van der Waals surface area contributed by atoms with Crippen molar-refractivity contribution in [3.8, 4) is 11.5 Å². The molecule has 1 aromatic carbocycles. The van der Waals surface area contributed by atoms with Gasteiger partial charge in [0.05, 0.1) is 23.5 Å². The number of hydrogen-bond donors (Lipinski definition) is 1. The fourth-order valence-electron chi connectivity index (χ4n) is 4.27. The predicted molar refractivity (Wildman–Crippen MR) is 128 cm³/mol. The van der Waals surface area contributed by atoms with Crippen LogP contribution in [0.15, 0.2) is 48.8 Å². The molecular formula is C25H26FN7O. The summed E-state index contributed by atoms with van der Waals surface area (Å²) in [7, 11) is 0. The third-order valence-electron chi connectivity index (χ3n) is 7.11. The zero-order valence-corrected chi connectivity index (χ0v) is 19.6. The van der Waals surface area contributed by atoms with Crippen LogP contribution in [0.2, 0.25) is 0 Å². The van der Waals surface area contributed by atoms with Crippen LogP contribution in [0.3, 0.4) is 0 Å². The second kappa shape index (κ2) is 7.58. The van der Waals surface area contributed by atoms with Crippen molar-refractivity contribution in [1.29, 1.82) is 0 Å². The van der Waals surface area contributed by atoms with Crippen LogP contribution in [0.5, 0.6) is 0 Å². The van der Waals surface area contributed by atoms with Crippen LogP contribution in [0.25, 0.3) is 22.6 Å². The molecule has 1 amide bonds. The van der Waals surface area contributed by atoms with Gasteiger partial charge in [-0.15, -0.1) is 0 Å². The summed E-state index contributed by atoms with van der Waals surface area (Å²) >= 11 is 0. The molecule has 0 unspecified atom stereocenters. The highest BCUT2D eigenvalue weighted by atomic mass is 19.1. The number of anilines is 2. The smallest absolute Gasteiger partial charge is 0.233 e. The van der Waals surface area contributed by atoms with Crippen LogP contribution < -0.4 is 10.6 Å². The second-order valence-corrected chi connectivity index (χ2v) is 9.84. The third kappa shape index (κ3) is 3.30. The number of carbonyl (C=O) groups is 1. The molecule has 0 radical (unpaired) electrons. The molecule has 9 heteroatoms. The van der Waals surface area contributed by atoms with E-state index in [9.17, 15) is 9.18 Å². The standard InChI is InChI=1S/C25H26FN7O/c1-24(2)14-32(23(34)25(24,3)4)18-12-29-21(30-20(18)27)19-16-9-7-11-28-22(16)33(31-19)13-15-8-5-6-10-17(15)26/h5-12H,13-14H2,1-4H3,(H2,27,29,30). The number of benzene rings is 1. The minimum absolute atomic E-state index is 0.00985. The summed E-state index contributed by atoms with van der Waals surface area (Å²) in [5.41, 5.74) is 7.62. The van der Waals surface area contributed by atoms with Crippen molar-refractivity contribution in [2.24, 2.45) is 10.8 Å². The molecule has 1 aliphatic rings. The molecule has 1 saturated heterocycles. The average molecular weight is 460 g/mol. The normalized spacial score (nSPS) is 17.0. The maximum absolute atomic E-state index is 14.3. The van der Waals surface area contributed by atoms with Crippen LogP contribution >= 0.6 is 0 Å². The molecule has 0 bridgehead atoms. The van der Waals surface area contributed by atoms with Crippen molar-refractivity contribution < 1.29 is 9.18 Å². The fourth-order valence-corrected chi connectivity index (χ4v) is 4.27. The average Bonchev–Trinajstić information content (AvgIpc) is 3.24. The molecule has 0 saturated carbocycles. The predicted octanol–water partition coefficient (Wildman–Crippen LogP) is 4.06. The Morgan fingerprint density at radius 3 is 2.53 bits per heavy atom. The molecule has 1 aliphatic heterocycles. The fraction of sp³-hybridized carbons (Fsp3) is 0.320. The van der Waals surface area contributed by atoms with Gasteiger partial charge in [-0.2, -0.15) is 5.10 Å². The molecular weight excluding hydrogens is 433 g/mol. The summed E-state index contributed by atoms with van der Waals surface area (Å²) in [5.74, 6) is 0.197. The van der Waals surface area contributed by atoms with Gasteiger partial charge in [-0.1, -0.05) is 45.9 Å². The minimum atomic E-state index is -0.536. The first-order valence-electron chi connectivity index (χ1n) is 11.1. The number of nitrogens with zero attached hydrogens (tertiary/aromatic N) is 6. The molecule has 4 aromatic rings. The van der Waals surface area contributed by atoms with E-state index in [0.29, 0.717) is 35.0 Å². The van der Waals surface area contributed by atoms with Crippen molar-refractivity contribution in [2.75, 3.05) is 17.2 Å². The first-order valence-corrected chi connectivity index (χ1v) is 11.1. The molecule has 5 rings (SSSR count). The van der Waals surface area contributed by atoms with Gasteiger partial charge in [0.15, 0.2) is 17.3 Å². The number of rotatable bonds is 4. The highest BCUT2D eigenvalue weighted by molar-refractivity contribution is 6.02. The zero-order chi connectivity index (χ0) is 24.3. The molecule has 3 aromatic heterocycles. The van der Waals surface area contributed by atoms with E-state index < -0.39 is 5.41 Å². The lowest BCUT2D eigenvalue weighted by Crippen LogP contribution is -2.34. The first-order chi connectivity index (χ1) is 16.1. The molecule has 0 aliphatic carbocycles. The van der Waals surface area contributed by atoms with E-state index in [4.69, 9.17) is 5.73 Å². The van der Waals surface area contributed by atoms with E-state index in [0.717, 1.165) is 5.39 Å². The third-order valence-corrected chi connectivity index (χ3v) is 7.11. The Labute approximate surface area is 196 Å². The van der Waals surface area contributed by atoms with E-state index >= 15 is 0 Å². The maximum atomic E-state index is 14.3. The van der Waals surface area contributed by atoms with Gasteiger partial charge >= 0.3 is 0 Å². The number of nitrogens with two attached hydrogens (primary N) is 1. The zero-order valence-electron chi connectivity index (χ0n) is 19.6. The highest BCUT2D eigenvalue weighted by Crippen LogP contribution is 2.48. The number of halogens is 1. The number of hydrogen-bond acceptors (Lipinski definition) is 6. The Morgan fingerprint density at radius 1 is 1.09 bits per heavy atom. The number of pyridine rings is 1. The molecule has 0 spiro atoms. The van der Waals surface area contributed by atoms with Gasteiger partial charge in [-0.05, 0) is 23.6 Å². The Kier molecular flexibility index (Phi) is 4.89. The van der Waals surface area contributed by atoms with Crippen molar-refractivity contribution in [3.05, 3.63) is 60.2 Å². The first kappa shape index (κ1) is 21.9. The summed E-state index contributed by atoms with van der Waals surface area (Å²) in [6.07, 6.45) is 3.23. The summed E-state index contributed by atoms with van der Waals surface area (Å²) in [5, 5.41) is 5.38. The Bertz CT molecular complexity index is 1430. The van der Waals surface area contributed by atoms with Crippen molar-refractivity contribution >= 4 is 28.4 Å². The highest BCUT2D eigenvalue weighted by Gasteiger charge is 2.53. The van der Waals surface area contributed by atoms with Crippen LogP contribution in [0.1, 0.15) is 33.3 Å². The van der Waals surface area contributed by atoms with Gasteiger partial charge in [0.25, 0.3) is 0 Å². The molecule has 1 fully saturated rings. The van der Waals surface area contributed by atoms with Crippen molar-refractivity contribution in [2.45, 2.75) is 34.2 Å². The van der Waals surface area contributed by atoms with Gasteiger partial charge < -0.3 is 10.6 Å². The van der Waals surface area contributed by atoms with Gasteiger partial charge in [0.2, 0.25) is 5.91 Å². The number of nitrogen functional groups attached to an aromatic ring is 1. The lowest BCUT2D eigenvalue weighted by molar-refractivity contribution is -0.126. The monoisotopic (exact) mass is 459 g/mol. The van der Waals surface area contributed by atoms with Crippen LogP contribution in [-0.4, -0.2) is 37.2 Å². The van der Waals surface area contributed by atoms with E-state index in [1.54, 1.807) is 46.2 Å². The Hall–Kier alpha value is -3.88. The molecule has 2 N–H and O–H groups in total. The number of amides is 1. The molecule has 174 valence electrons. The lowest BCUT2D eigenvalue weighted by atomic mass is 9.70. The minimum Gasteiger partial charge on any atom is -0.382 e. The van der Waals surface area contributed by atoms with Gasteiger partial charge in [0.1, 0.15) is 17.2 Å². The number of aromatic nitrogens is 5. The molecule has 4 heterocycles. The molecule has 34 heavy (non-hydrogen) atoms. The Balaban J connectivity index is 1.55. The quantitative estimate of drug-likeness (QED) is 0.494. The van der Waals surface area contributed by atoms with Gasteiger partial charge in [-0.25, -0.2) is 24.0 Å². The maximum Gasteiger partial charge on any atom is 0.233 e. The summed E-state index contributed by atoms with van der Waals surface area (Å²) in [6, 6.07) is 10.2. The Morgan fingerprint density at radius 2 is 1.85 bits per heavy atom. The van der Waals surface area contributed by atoms with E-state index in [1.807, 2.05) is 19.9 Å². The molecule has 0 atom stereocenters. The van der Waals surface area contributed by atoms with E-state index in [2.05, 4.69) is 33.9 Å². The molecule has 8 nitrogen and oxygen atoms in total. The van der Waals surface area contributed by atoms with Crippen molar-refractivity contribution in [1.82, 2.24) is 24.7 Å². The van der Waals surface area contributed by atoms with Crippen molar-refractivity contribution in [3.63, 3.8) is 0 Å². The van der Waals surface area contributed by atoms with Crippen LogP contribution in [0, 0.1) is 16.6 Å². The van der Waals surface area contributed by atoms with Crippen LogP contribution in [-0.2, 0) is 11.3 Å². The largest absolute Gasteiger partial charge is 0.382 e. The SMILES string of the molecule is CC1(C)CN(c2cnc(-c3nn(Cc4ccccc4F)c4ncccc34)nc2N)C(=O)C1(C)C. The summed E-state index contributed by atoms with van der Waals surface area (Å²) < 4.78 is 15.9. The van der Waals surface area contributed by atoms with E-state index in [1.165, 1.54) is 6.07 Å². The topological polar surface area (TPSA) is 103 Å². The summed E-state index contributed by atoms with van der Waals surface area (Å²) in [6.45, 7) is 8.76. The number of fused-ring (bicyclic) bond motifs is 1. The number of carbonyl (C=O) groups excluding carboxylic acids is 1. The van der Waals surface area contributed by atoms with Gasteiger partial charge in [0, 0.05) is 18.3 Å². The summed E-state index contributed by atoms with van der Waals surface area (Å²) in [4.78, 5) is 28.2. The van der Waals surface area contributed by atoms with E-state index in [-0.39, 0.29) is 29.5 Å². The second-order valence-electron chi connectivity index (χ2n) is 9.84. The van der Waals surface area contributed by atoms with Gasteiger partial charge in [-0.3, -0.25) is 4.79 Å². The van der Waals surface area contributed by atoms with Crippen LogP contribution in [0.4, 0.5) is 15.9 Å².